The van der Waals surface area contributed by atoms with Crippen LogP contribution in [0.1, 0.15) is 21.5 Å². The molecule has 1 heterocycles. The second-order valence-corrected chi connectivity index (χ2v) is 10.1. The molecular formula is C32H26N2O7S. The van der Waals surface area contributed by atoms with Gasteiger partial charge in [-0.3, -0.25) is 19.3 Å². The largest absolute Gasteiger partial charge is 0.507 e. The van der Waals surface area contributed by atoms with Crippen molar-refractivity contribution in [1.82, 2.24) is 4.90 Å². The molecule has 212 valence electrons. The highest BCUT2D eigenvalue weighted by Gasteiger charge is 2.35. The number of hydrogen-bond donors (Lipinski definition) is 2. The molecule has 1 fully saturated rings. The summed E-state index contributed by atoms with van der Waals surface area (Å²) in [6, 6.07) is 25.7. The Morgan fingerprint density at radius 1 is 0.881 bits per heavy atom. The number of methoxy groups -OCH3 is 2. The normalized spacial score (nSPS) is 13.8. The molecule has 3 amide bonds. The van der Waals surface area contributed by atoms with Crippen LogP contribution in [0.25, 0.3) is 6.08 Å². The van der Waals surface area contributed by atoms with Crippen LogP contribution in [-0.4, -0.2) is 41.3 Å². The van der Waals surface area contributed by atoms with Crippen LogP contribution in [0.4, 0.5) is 10.5 Å². The van der Waals surface area contributed by atoms with E-state index >= 15 is 0 Å². The minimum atomic E-state index is -0.569. The van der Waals surface area contributed by atoms with E-state index in [1.165, 1.54) is 32.4 Å². The van der Waals surface area contributed by atoms with E-state index < -0.39 is 17.1 Å². The number of carbonyl (C=O) groups excluding carboxylic acids is 3. The molecule has 0 spiro atoms. The third kappa shape index (κ3) is 6.39. The Labute approximate surface area is 246 Å². The second kappa shape index (κ2) is 12.5. The molecule has 0 saturated carbocycles. The number of phenolic OH excluding ortho intramolecular Hbond substituents is 1. The molecule has 10 heteroatoms. The molecule has 0 aliphatic carbocycles. The van der Waals surface area contributed by atoms with Crippen LogP contribution in [0.5, 0.6) is 28.7 Å². The first-order valence-electron chi connectivity index (χ1n) is 12.8. The average Bonchev–Trinajstić information content (AvgIpc) is 3.25. The van der Waals surface area contributed by atoms with E-state index in [2.05, 4.69) is 5.32 Å². The smallest absolute Gasteiger partial charge is 0.293 e. The van der Waals surface area contributed by atoms with E-state index in [9.17, 15) is 19.5 Å². The third-order valence-electron chi connectivity index (χ3n) is 6.30. The van der Waals surface area contributed by atoms with Crippen molar-refractivity contribution in [2.45, 2.75) is 6.54 Å². The topological polar surface area (TPSA) is 114 Å². The van der Waals surface area contributed by atoms with Crippen molar-refractivity contribution in [3.05, 3.63) is 113 Å². The Morgan fingerprint density at radius 3 is 2.40 bits per heavy atom. The van der Waals surface area contributed by atoms with Gasteiger partial charge in [0.25, 0.3) is 17.1 Å². The summed E-state index contributed by atoms with van der Waals surface area (Å²) in [6.45, 7) is 0.0720. The highest BCUT2D eigenvalue weighted by molar-refractivity contribution is 8.18. The Bertz CT molecular complexity index is 1690. The second-order valence-electron chi connectivity index (χ2n) is 9.13. The number of aromatic hydroxyl groups is 1. The summed E-state index contributed by atoms with van der Waals surface area (Å²) < 4.78 is 16.4. The molecule has 0 radical (unpaired) electrons. The summed E-state index contributed by atoms with van der Waals surface area (Å²) in [4.78, 5) is 40.3. The molecule has 42 heavy (non-hydrogen) atoms. The summed E-state index contributed by atoms with van der Waals surface area (Å²) in [5, 5.41) is 12.7. The Balaban J connectivity index is 1.30. The van der Waals surface area contributed by atoms with Crippen LogP contribution in [0.15, 0.2) is 95.9 Å². The number of thioether (sulfide) groups is 1. The molecule has 9 nitrogen and oxygen atoms in total. The number of amides is 3. The highest BCUT2D eigenvalue weighted by Crippen LogP contribution is 2.35. The molecule has 4 aromatic carbocycles. The summed E-state index contributed by atoms with van der Waals surface area (Å²) in [7, 11) is 2.99. The van der Waals surface area contributed by atoms with Gasteiger partial charge in [0.15, 0.2) is 11.5 Å². The highest BCUT2D eigenvalue weighted by atomic mass is 32.2. The maximum atomic E-state index is 13.2. The van der Waals surface area contributed by atoms with E-state index in [1.54, 1.807) is 42.5 Å². The molecule has 0 unspecified atom stereocenters. The first-order valence-corrected chi connectivity index (χ1v) is 13.6. The van der Waals surface area contributed by atoms with Gasteiger partial charge in [-0.2, -0.15) is 0 Å². The summed E-state index contributed by atoms with van der Waals surface area (Å²) in [5.41, 5.74) is 1.62. The van der Waals surface area contributed by atoms with Crippen molar-refractivity contribution < 1.29 is 33.7 Å². The monoisotopic (exact) mass is 582 g/mol. The Hall–Kier alpha value is -5.22. The van der Waals surface area contributed by atoms with Gasteiger partial charge in [0.2, 0.25) is 0 Å². The minimum absolute atomic E-state index is 0.00649. The lowest BCUT2D eigenvalue weighted by atomic mass is 10.1. The van der Waals surface area contributed by atoms with Gasteiger partial charge < -0.3 is 24.6 Å². The number of hydrogen-bond acceptors (Lipinski definition) is 8. The molecule has 1 aliphatic rings. The van der Waals surface area contributed by atoms with Gasteiger partial charge in [0, 0.05) is 11.8 Å². The molecular weight excluding hydrogens is 556 g/mol. The van der Waals surface area contributed by atoms with Crippen LogP contribution < -0.4 is 19.5 Å². The van der Waals surface area contributed by atoms with Crippen molar-refractivity contribution in [2.75, 3.05) is 19.5 Å². The number of phenols is 1. The van der Waals surface area contributed by atoms with Gasteiger partial charge in [0.05, 0.1) is 31.2 Å². The number of nitrogens with zero attached hydrogens (tertiary/aromatic N) is 1. The molecule has 1 saturated heterocycles. The molecule has 5 rings (SSSR count). The zero-order valence-electron chi connectivity index (χ0n) is 22.7. The van der Waals surface area contributed by atoms with Crippen LogP contribution >= 0.6 is 11.8 Å². The number of carbonyl (C=O) groups is 3. The molecule has 2 N–H and O–H groups in total. The van der Waals surface area contributed by atoms with Gasteiger partial charge >= 0.3 is 0 Å². The lowest BCUT2D eigenvalue weighted by Gasteiger charge is -2.13. The lowest BCUT2D eigenvalue weighted by Crippen LogP contribution is -2.27. The summed E-state index contributed by atoms with van der Waals surface area (Å²) in [5.74, 6) is 0.931. The van der Waals surface area contributed by atoms with Crippen LogP contribution in [0.2, 0.25) is 0 Å². The van der Waals surface area contributed by atoms with E-state index in [1.807, 2.05) is 36.4 Å². The number of ether oxygens (including phenoxy) is 3. The molecule has 1 aliphatic heterocycles. The van der Waals surface area contributed by atoms with Crippen LogP contribution in [-0.2, 0) is 11.3 Å². The molecule has 4 aromatic rings. The first-order chi connectivity index (χ1) is 20.3. The predicted octanol–water partition coefficient (Wildman–Crippen LogP) is 6.69. The van der Waals surface area contributed by atoms with Crippen molar-refractivity contribution in [3.63, 3.8) is 0 Å². The van der Waals surface area contributed by atoms with Crippen molar-refractivity contribution in [3.8, 4) is 28.7 Å². The standard InChI is InChI=1S/C32H26N2O7S/c1-39-27-14-12-22(18-28(27)40-2)33-30(36)25-16-20(11-13-26(25)35)17-29-31(37)34(32(38)42-29)19-21-7-6-10-24(15-21)41-23-8-4-3-5-9-23/h3-18,35H,19H2,1-2H3,(H,33,36)/b29-17+. The fourth-order valence-electron chi connectivity index (χ4n) is 4.24. The maximum absolute atomic E-state index is 13.2. The number of rotatable bonds is 9. The fraction of sp³-hybridized carbons (Fsp3) is 0.0938. The van der Waals surface area contributed by atoms with Crippen molar-refractivity contribution in [2.24, 2.45) is 0 Å². The lowest BCUT2D eigenvalue weighted by molar-refractivity contribution is -0.123. The number of para-hydroxylation sites is 1. The number of nitrogens with one attached hydrogen (secondary N) is 1. The van der Waals surface area contributed by atoms with E-state index in [4.69, 9.17) is 14.2 Å². The van der Waals surface area contributed by atoms with E-state index in [0.717, 1.165) is 22.2 Å². The zero-order chi connectivity index (χ0) is 29.6. The predicted molar refractivity (Wildman–Crippen MR) is 160 cm³/mol. The van der Waals surface area contributed by atoms with Crippen LogP contribution in [0.3, 0.4) is 0 Å². The third-order valence-corrected chi connectivity index (χ3v) is 7.20. The van der Waals surface area contributed by atoms with Crippen LogP contribution in [0, 0.1) is 0 Å². The van der Waals surface area contributed by atoms with Crippen molar-refractivity contribution in [1.29, 1.82) is 0 Å². The number of imide groups is 1. The number of benzene rings is 4. The number of anilines is 1. The summed E-state index contributed by atoms with van der Waals surface area (Å²) >= 11 is 0.810. The van der Waals surface area contributed by atoms with Crippen molar-refractivity contribution >= 4 is 40.6 Å². The van der Waals surface area contributed by atoms with Gasteiger partial charge in [-0.1, -0.05) is 36.4 Å². The van der Waals surface area contributed by atoms with E-state index in [-0.39, 0.29) is 22.8 Å². The first kappa shape index (κ1) is 28.3. The van der Waals surface area contributed by atoms with Gasteiger partial charge in [-0.05, 0) is 77.5 Å². The fourth-order valence-corrected chi connectivity index (χ4v) is 5.08. The zero-order valence-corrected chi connectivity index (χ0v) is 23.5. The molecule has 0 atom stereocenters. The minimum Gasteiger partial charge on any atom is -0.507 e. The van der Waals surface area contributed by atoms with Gasteiger partial charge in [-0.25, -0.2) is 0 Å². The van der Waals surface area contributed by atoms with Gasteiger partial charge in [0.1, 0.15) is 17.2 Å². The molecule has 0 bridgehead atoms. The van der Waals surface area contributed by atoms with Gasteiger partial charge in [-0.15, -0.1) is 0 Å². The Kier molecular flexibility index (Phi) is 8.44. The molecule has 0 aromatic heterocycles. The van der Waals surface area contributed by atoms with E-state index in [0.29, 0.717) is 34.2 Å². The quantitative estimate of drug-likeness (QED) is 0.210. The Morgan fingerprint density at radius 2 is 1.64 bits per heavy atom. The summed E-state index contributed by atoms with van der Waals surface area (Å²) in [6.07, 6.45) is 1.52. The maximum Gasteiger partial charge on any atom is 0.293 e. The average molecular weight is 583 g/mol. The SMILES string of the molecule is COc1ccc(NC(=O)c2cc(/C=C3/SC(=O)N(Cc4cccc(Oc5ccccc5)c4)C3=O)ccc2O)cc1OC.